The van der Waals surface area contributed by atoms with Crippen LogP contribution in [0.4, 0.5) is 16.2 Å². The fourth-order valence-corrected chi connectivity index (χ4v) is 4.28. The zero-order valence-electron chi connectivity index (χ0n) is 20.1. The van der Waals surface area contributed by atoms with Gasteiger partial charge in [-0.1, -0.05) is 54.6 Å². The minimum absolute atomic E-state index is 0.193. The summed E-state index contributed by atoms with van der Waals surface area (Å²) in [5, 5.41) is 5.66. The molecule has 1 aliphatic heterocycles. The van der Waals surface area contributed by atoms with Gasteiger partial charge in [0, 0.05) is 11.4 Å². The van der Waals surface area contributed by atoms with Crippen molar-refractivity contribution in [2.75, 3.05) is 10.6 Å². The molecule has 3 aromatic carbocycles. The van der Waals surface area contributed by atoms with Gasteiger partial charge in [-0.15, -0.1) is 0 Å². The zero-order valence-corrected chi connectivity index (χ0v) is 20.1. The van der Waals surface area contributed by atoms with Crippen LogP contribution >= 0.6 is 0 Å². The Kier molecular flexibility index (Phi) is 6.72. The van der Waals surface area contributed by atoms with Gasteiger partial charge in [-0.2, -0.15) is 0 Å². The van der Waals surface area contributed by atoms with Crippen LogP contribution in [0, 0.1) is 6.92 Å². The molecule has 4 aromatic rings. The number of carbonyl (C=O) groups is 3. The Morgan fingerprint density at radius 3 is 2.24 bits per heavy atom. The number of carbonyl (C=O) groups excluding carboxylic acids is 3. The summed E-state index contributed by atoms with van der Waals surface area (Å²) in [7, 11) is 0. The first-order valence-electron chi connectivity index (χ1n) is 11.8. The molecule has 0 saturated carbocycles. The molecule has 3 amide bonds. The molecule has 2 N–H and O–H groups in total. The third-order valence-corrected chi connectivity index (χ3v) is 6.24. The number of nitrogens with one attached hydrogen (secondary N) is 2. The van der Waals surface area contributed by atoms with Gasteiger partial charge in [0.2, 0.25) is 0 Å². The molecule has 37 heavy (non-hydrogen) atoms. The molecule has 2 atom stereocenters. The number of benzene rings is 3. The first-order valence-corrected chi connectivity index (χ1v) is 11.8. The summed E-state index contributed by atoms with van der Waals surface area (Å²) in [5.74, 6) is -0.543. The summed E-state index contributed by atoms with van der Waals surface area (Å²) in [5.41, 5.74) is 3.73. The van der Waals surface area contributed by atoms with E-state index in [1.54, 1.807) is 48.5 Å². The predicted molar refractivity (Wildman–Crippen MR) is 138 cm³/mol. The minimum Gasteiger partial charge on any atom is -0.459 e. The van der Waals surface area contributed by atoms with E-state index in [1.165, 1.54) is 11.2 Å². The molecule has 8 heteroatoms. The number of amides is 3. The number of nitrogens with zero attached hydrogens (tertiary/aromatic N) is 1. The quantitative estimate of drug-likeness (QED) is 0.351. The SMILES string of the molecule is Cc1ccccc1CN1C(=O)OC(c2ccc(NC(=O)c3ccco3)cc2)C1C(=O)Nc1ccccc1. The number of cyclic esters (lactones) is 1. The van der Waals surface area contributed by atoms with Gasteiger partial charge < -0.3 is 19.8 Å². The van der Waals surface area contributed by atoms with Crippen molar-refractivity contribution < 1.29 is 23.5 Å². The van der Waals surface area contributed by atoms with E-state index in [0.29, 0.717) is 16.9 Å². The van der Waals surface area contributed by atoms with Crippen LogP contribution in [-0.4, -0.2) is 28.8 Å². The molecular formula is C29H25N3O5. The normalized spacial score (nSPS) is 16.8. The smallest absolute Gasteiger partial charge is 0.411 e. The van der Waals surface area contributed by atoms with Crippen LogP contribution in [0.1, 0.15) is 33.3 Å². The molecule has 2 heterocycles. The summed E-state index contributed by atoms with van der Waals surface area (Å²) < 4.78 is 10.9. The monoisotopic (exact) mass is 495 g/mol. The summed E-state index contributed by atoms with van der Waals surface area (Å²) in [4.78, 5) is 40.3. The Labute approximate surface area is 213 Å². The largest absolute Gasteiger partial charge is 0.459 e. The van der Waals surface area contributed by atoms with Crippen molar-refractivity contribution in [3.63, 3.8) is 0 Å². The molecule has 0 bridgehead atoms. The Morgan fingerprint density at radius 1 is 0.838 bits per heavy atom. The number of anilines is 2. The third-order valence-electron chi connectivity index (χ3n) is 6.24. The average Bonchev–Trinajstić information content (AvgIpc) is 3.55. The van der Waals surface area contributed by atoms with Gasteiger partial charge in [0.05, 0.1) is 12.8 Å². The minimum atomic E-state index is -0.907. The number of aryl methyl sites for hydroxylation is 1. The molecule has 1 fully saturated rings. The second-order valence-corrected chi connectivity index (χ2v) is 8.71. The van der Waals surface area contributed by atoms with Crippen molar-refractivity contribution in [3.05, 3.63) is 120 Å². The highest BCUT2D eigenvalue weighted by Crippen LogP contribution is 2.35. The maximum Gasteiger partial charge on any atom is 0.411 e. The van der Waals surface area contributed by atoms with Gasteiger partial charge in [-0.25, -0.2) is 4.79 Å². The Hall–Kier alpha value is -4.85. The van der Waals surface area contributed by atoms with Crippen molar-refractivity contribution in [2.24, 2.45) is 0 Å². The average molecular weight is 496 g/mol. The van der Waals surface area contributed by atoms with Crippen LogP contribution in [0.25, 0.3) is 0 Å². The molecule has 0 radical (unpaired) electrons. The lowest BCUT2D eigenvalue weighted by molar-refractivity contribution is -0.121. The van der Waals surface area contributed by atoms with Gasteiger partial charge in [-0.3, -0.25) is 14.5 Å². The fourth-order valence-electron chi connectivity index (χ4n) is 4.28. The summed E-state index contributed by atoms with van der Waals surface area (Å²) in [6, 6.07) is 25.9. The Bertz CT molecular complexity index is 1400. The third kappa shape index (κ3) is 5.23. The molecule has 0 spiro atoms. The van der Waals surface area contributed by atoms with E-state index in [1.807, 2.05) is 49.4 Å². The summed E-state index contributed by atoms with van der Waals surface area (Å²) >= 11 is 0. The van der Waals surface area contributed by atoms with Gasteiger partial charge >= 0.3 is 6.09 Å². The lowest BCUT2D eigenvalue weighted by atomic mass is 9.99. The molecule has 0 aliphatic carbocycles. The van der Waals surface area contributed by atoms with Gasteiger partial charge in [0.15, 0.2) is 17.9 Å². The summed E-state index contributed by atoms with van der Waals surface area (Å²) in [6.07, 6.45) is 0.0159. The van der Waals surface area contributed by atoms with Crippen LogP contribution in [0.3, 0.4) is 0 Å². The van der Waals surface area contributed by atoms with Gasteiger partial charge in [-0.05, 0) is 60.0 Å². The molecular weight excluding hydrogens is 470 g/mol. The van der Waals surface area contributed by atoms with Crippen molar-refractivity contribution in [2.45, 2.75) is 25.6 Å². The first-order chi connectivity index (χ1) is 18.0. The van der Waals surface area contributed by atoms with E-state index < -0.39 is 18.2 Å². The van der Waals surface area contributed by atoms with E-state index in [0.717, 1.165) is 11.1 Å². The first kappa shape index (κ1) is 23.9. The number of furan rings is 1. The van der Waals surface area contributed by atoms with Crippen LogP contribution in [0.2, 0.25) is 0 Å². The fraction of sp³-hybridized carbons (Fsp3) is 0.138. The topological polar surface area (TPSA) is 101 Å². The van der Waals surface area contributed by atoms with Gasteiger partial charge in [0.25, 0.3) is 11.8 Å². The second kappa shape index (κ2) is 10.4. The highest BCUT2D eigenvalue weighted by Gasteiger charge is 2.47. The molecule has 5 rings (SSSR count). The molecule has 1 aliphatic rings. The number of ether oxygens (including phenoxy) is 1. The molecule has 1 aromatic heterocycles. The lowest BCUT2D eigenvalue weighted by Gasteiger charge is -2.25. The van der Waals surface area contributed by atoms with Gasteiger partial charge in [0.1, 0.15) is 0 Å². The highest BCUT2D eigenvalue weighted by atomic mass is 16.6. The summed E-state index contributed by atoms with van der Waals surface area (Å²) in [6.45, 7) is 2.19. The van der Waals surface area contributed by atoms with E-state index >= 15 is 0 Å². The van der Waals surface area contributed by atoms with Crippen LogP contribution in [0.5, 0.6) is 0 Å². The van der Waals surface area contributed by atoms with Crippen LogP contribution < -0.4 is 10.6 Å². The predicted octanol–water partition coefficient (Wildman–Crippen LogP) is 5.54. The second-order valence-electron chi connectivity index (χ2n) is 8.71. The molecule has 1 saturated heterocycles. The van der Waals surface area contributed by atoms with Crippen molar-refractivity contribution >= 4 is 29.3 Å². The molecule has 8 nitrogen and oxygen atoms in total. The van der Waals surface area contributed by atoms with E-state index in [9.17, 15) is 14.4 Å². The standard InChI is InChI=1S/C29H25N3O5/c1-19-8-5-6-9-21(19)18-32-25(28(34)31-22-10-3-2-4-11-22)26(37-29(32)35)20-13-15-23(16-14-20)30-27(33)24-12-7-17-36-24/h2-17,25-26H,18H2,1H3,(H,30,33)(H,31,34). The number of hydrogen-bond acceptors (Lipinski definition) is 5. The van der Waals surface area contributed by atoms with Crippen LogP contribution in [0.15, 0.2) is 102 Å². The number of rotatable bonds is 7. The molecule has 2 unspecified atom stereocenters. The lowest BCUT2D eigenvalue weighted by Crippen LogP contribution is -2.43. The van der Waals surface area contributed by atoms with Crippen molar-refractivity contribution in [3.8, 4) is 0 Å². The number of para-hydroxylation sites is 1. The van der Waals surface area contributed by atoms with E-state index in [2.05, 4.69) is 10.6 Å². The Morgan fingerprint density at radius 2 is 1.54 bits per heavy atom. The number of hydrogen-bond donors (Lipinski definition) is 2. The maximum absolute atomic E-state index is 13.5. The van der Waals surface area contributed by atoms with Crippen molar-refractivity contribution in [1.82, 2.24) is 4.90 Å². The zero-order chi connectivity index (χ0) is 25.8. The van der Waals surface area contributed by atoms with E-state index in [4.69, 9.17) is 9.15 Å². The van der Waals surface area contributed by atoms with E-state index in [-0.39, 0.29) is 24.1 Å². The maximum atomic E-state index is 13.5. The Balaban J connectivity index is 1.41. The molecule has 186 valence electrons. The van der Waals surface area contributed by atoms with Crippen molar-refractivity contribution in [1.29, 1.82) is 0 Å². The highest BCUT2D eigenvalue weighted by molar-refractivity contribution is 6.02. The van der Waals surface area contributed by atoms with Crippen LogP contribution in [-0.2, 0) is 16.1 Å².